The summed E-state index contributed by atoms with van der Waals surface area (Å²) in [7, 11) is 3.71. The van der Waals surface area contributed by atoms with Gasteiger partial charge in [0.15, 0.2) is 6.20 Å². The highest BCUT2D eigenvalue weighted by atomic mass is 35.5. The Morgan fingerprint density at radius 3 is 2.77 bits per heavy atom. The molecule has 0 aliphatic heterocycles. The largest absolute Gasteiger partial charge is 0.618 e. The maximum atomic E-state index is 12.1. The van der Waals surface area contributed by atoms with Gasteiger partial charge < -0.3 is 15.4 Å². The van der Waals surface area contributed by atoms with Crippen LogP contribution in [0.2, 0.25) is 5.02 Å². The zero-order valence-electron chi connectivity index (χ0n) is 12.2. The molecule has 1 amide bonds. The normalized spacial score (nSPS) is 10.3. The Kier molecular flexibility index (Phi) is 5.51. The summed E-state index contributed by atoms with van der Waals surface area (Å²) in [4.78, 5) is 13.9. The smallest absolute Gasteiger partial charge is 0.251 e. The van der Waals surface area contributed by atoms with Crippen LogP contribution in [0.1, 0.15) is 0 Å². The zero-order valence-corrected chi connectivity index (χ0v) is 13.8. The molecule has 0 unspecified atom stereocenters. The van der Waals surface area contributed by atoms with Crippen molar-refractivity contribution in [2.24, 2.45) is 0 Å². The van der Waals surface area contributed by atoms with Gasteiger partial charge >= 0.3 is 0 Å². The van der Waals surface area contributed by atoms with Crippen molar-refractivity contribution in [1.29, 1.82) is 0 Å². The predicted octanol–water partition coefficient (Wildman–Crippen LogP) is 2.77. The van der Waals surface area contributed by atoms with Crippen LogP contribution in [0, 0.1) is 5.21 Å². The molecule has 0 aliphatic carbocycles. The molecule has 5 nitrogen and oxygen atoms in total. The molecule has 1 aromatic heterocycles. The highest BCUT2D eigenvalue weighted by Gasteiger charge is 2.13. The minimum atomic E-state index is -0.195. The number of amides is 1. The van der Waals surface area contributed by atoms with E-state index in [4.69, 9.17) is 11.6 Å². The summed E-state index contributed by atoms with van der Waals surface area (Å²) in [6, 6.07) is 10.4. The van der Waals surface area contributed by atoms with Gasteiger partial charge in [0.2, 0.25) is 5.91 Å². The second-order valence-corrected chi connectivity index (χ2v) is 6.13. The van der Waals surface area contributed by atoms with Crippen molar-refractivity contribution in [3.05, 3.63) is 52.8 Å². The van der Waals surface area contributed by atoms with Crippen molar-refractivity contribution < 1.29 is 9.52 Å². The highest BCUT2D eigenvalue weighted by Crippen LogP contribution is 2.32. The number of benzene rings is 1. The number of hydrogen-bond donors (Lipinski definition) is 1. The zero-order chi connectivity index (χ0) is 16.1. The van der Waals surface area contributed by atoms with Crippen LogP contribution >= 0.6 is 23.4 Å². The monoisotopic (exact) mass is 337 g/mol. The van der Waals surface area contributed by atoms with Crippen LogP contribution < -0.4 is 14.9 Å². The number of anilines is 2. The third kappa shape index (κ3) is 4.05. The summed E-state index contributed by atoms with van der Waals surface area (Å²) < 4.78 is 0.739. The van der Waals surface area contributed by atoms with E-state index in [0.29, 0.717) is 15.7 Å². The second-order valence-electron chi connectivity index (χ2n) is 4.73. The van der Waals surface area contributed by atoms with E-state index in [2.05, 4.69) is 5.32 Å². The fourth-order valence-electron chi connectivity index (χ4n) is 1.92. The molecule has 22 heavy (non-hydrogen) atoms. The predicted molar refractivity (Wildman–Crippen MR) is 90.5 cm³/mol. The third-order valence-corrected chi connectivity index (χ3v) is 4.17. The molecule has 0 atom stereocenters. The molecule has 1 N–H and O–H groups in total. The van der Waals surface area contributed by atoms with E-state index < -0.39 is 0 Å². The fourth-order valence-corrected chi connectivity index (χ4v) is 2.98. The van der Waals surface area contributed by atoms with Crippen LogP contribution in [0.15, 0.2) is 47.6 Å². The average molecular weight is 338 g/mol. The van der Waals surface area contributed by atoms with Gasteiger partial charge in [0, 0.05) is 26.2 Å². The van der Waals surface area contributed by atoms with Crippen molar-refractivity contribution >= 4 is 40.6 Å². The van der Waals surface area contributed by atoms with Crippen molar-refractivity contribution in [3.8, 4) is 0 Å². The number of nitrogens with one attached hydrogen (secondary N) is 1. The van der Waals surface area contributed by atoms with Crippen molar-refractivity contribution in [3.63, 3.8) is 0 Å². The van der Waals surface area contributed by atoms with Crippen LogP contribution in [-0.4, -0.2) is 25.8 Å². The van der Waals surface area contributed by atoms with Gasteiger partial charge in [-0.05, 0) is 30.0 Å². The summed E-state index contributed by atoms with van der Waals surface area (Å²) in [5.41, 5.74) is 1.40. The Morgan fingerprint density at radius 2 is 2.09 bits per heavy atom. The molecule has 0 spiro atoms. The molecular formula is C15H16ClN3O2S. The van der Waals surface area contributed by atoms with Crippen LogP contribution in [0.3, 0.4) is 0 Å². The van der Waals surface area contributed by atoms with Gasteiger partial charge in [-0.3, -0.25) is 4.79 Å². The number of hydrogen-bond acceptors (Lipinski definition) is 4. The molecule has 2 aromatic rings. The van der Waals surface area contributed by atoms with Crippen molar-refractivity contribution in [2.75, 3.05) is 30.1 Å². The van der Waals surface area contributed by atoms with Crippen LogP contribution in [0.5, 0.6) is 0 Å². The van der Waals surface area contributed by atoms with E-state index in [-0.39, 0.29) is 11.7 Å². The number of thioether (sulfide) groups is 1. The minimum absolute atomic E-state index is 0.144. The van der Waals surface area contributed by atoms with Gasteiger partial charge in [0.1, 0.15) is 0 Å². The number of para-hydroxylation sites is 1. The van der Waals surface area contributed by atoms with E-state index in [1.165, 1.54) is 18.0 Å². The lowest BCUT2D eigenvalue weighted by molar-refractivity contribution is -0.645. The summed E-state index contributed by atoms with van der Waals surface area (Å²) in [6.45, 7) is 0. The van der Waals surface area contributed by atoms with E-state index in [0.717, 1.165) is 10.4 Å². The summed E-state index contributed by atoms with van der Waals surface area (Å²) in [5.74, 6) is -0.0507. The first-order valence-electron chi connectivity index (χ1n) is 6.55. The van der Waals surface area contributed by atoms with Crippen LogP contribution in [-0.2, 0) is 4.79 Å². The first-order chi connectivity index (χ1) is 10.5. The minimum Gasteiger partial charge on any atom is -0.618 e. The van der Waals surface area contributed by atoms with Gasteiger partial charge in [-0.15, -0.1) is 0 Å². The van der Waals surface area contributed by atoms with Crippen molar-refractivity contribution in [2.45, 2.75) is 5.03 Å². The SMILES string of the molecule is CN(C)c1c(Cl)cccc1NC(=O)CSc1cccc[n+]1[O-]. The first-order valence-corrected chi connectivity index (χ1v) is 7.92. The lowest BCUT2D eigenvalue weighted by atomic mass is 10.2. The van der Waals surface area contributed by atoms with Crippen LogP contribution in [0.4, 0.5) is 11.4 Å². The number of aromatic nitrogens is 1. The summed E-state index contributed by atoms with van der Waals surface area (Å²) in [6.07, 6.45) is 1.40. The van der Waals surface area contributed by atoms with Gasteiger partial charge in [0.05, 0.1) is 22.2 Å². The molecule has 0 saturated heterocycles. The van der Waals surface area contributed by atoms with Crippen molar-refractivity contribution in [1.82, 2.24) is 0 Å². The molecule has 7 heteroatoms. The average Bonchev–Trinajstić information content (AvgIpc) is 2.46. The molecule has 0 fully saturated rings. The van der Waals surface area contributed by atoms with E-state index in [1.807, 2.05) is 19.0 Å². The third-order valence-electron chi connectivity index (χ3n) is 2.85. The number of pyridine rings is 1. The molecule has 0 aliphatic rings. The maximum Gasteiger partial charge on any atom is 0.251 e. The Bertz CT molecular complexity index is 680. The number of carbonyl (C=O) groups excluding carboxylic acids is 1. The molecule has 0 radical (unpaired) electrons. The Balaban J connectivity index is 2.04. The number of halogens is 1. The lowest BCUT2D eigenvalue weighted by Gasteiger charge is -2.19. The topological polar surface area (TPSA) is 59.3 Å². The molecular weight excluding hydrogens is 322 g/mol. The standard InChI is InChI=1S/C15H16ClN3O2S/c1-18(2)15-11(16)6-5-7-12(15)17-13(20)10-22-14-8-3-4-9-19(14)21/h3-9H,10H2,1-2H3,(H,17,20). The van der Waals surface area contributed by atoms with Gasteiger partial charge in [-0.1, -0.05) is 17.7 Å². The van der Waals surface area contributed by atoms with E-state index in [1.54, 1.807) is 36.4 Å². The second kappa shape index (κ2) is 7.38. The number of rotatable bonds is 5. The summed E-state index contributed by atoms with van der Waals surface area (Å²) in [5, 5.41) is 15.4. The Labute approximate surface area is 138 Å². The molecule has 1 heterocycles. The van der Waals surface area contributed by atoms with Crippen LogP contribution in [0.25, 0.3) is 0 Å². The number of nitrogens with zero attached hydrogens (tertiary/aromatic N) is 2. The quantitative estimate of drug-likeness (QED) is 0.518. The highest BCUT2D eigenvalue weighted by molar-refractivity contribution is 7.99. The molecule has 116 valence electrons. The summed E-state index contributed by atoms with van der Waals surface area (Å²) >= 11 is 7.34. The molecule has 1 aromatic carbocycles. The van der Waals surface area contributed by atoms with Gasteiger partial charge in [-0.25, -0.2) is 0 Å². The molecule has 2 rings (SSSR count). The van der Waals surface area contributed by atoms with Gasteiger partial charge in [-0.2, -0.15) is 4.73 Å². The Hall–Kier alpha value is -1.92. The maximum absolute atomic E-state index is 12.1. The molecule has 0 bridgehead atoms. The first kappa shape index (κ1) is 16.5. The number of carbonyl (C=O) groups is 1. The lowest BCUT2D eigenvalue weighted by Crippen LogP contribution is -2.28. The van der Waals surface area contributed by atoms with E-state index in [9.17, 15) is 10.0 Å². The Morgan fingerprint density at radius 1 is 1.32 bits per heavy atom. The molecule has 0 saturated carbocycles. The fraction of sp³-hybridized carbons (Fsp3) is 0.200. The van der Waals surface area contributed by atoms with E-state index >= 15 is 0 Å². The van der Waals surface area contributed by atoms with Gasteiger partial charge in [0.25, 0.3) is 5.03 Å².